The van der Waals surface area contributed by atoms with Crippen molar-refractivity contribution in [1.82, 2.24) is 20.2 Å². The highest BCUT2D eigenvalue weighted by molar-refractivity contribution is 5.92. The molecule has 3 rings (SSSR count). The maximum Gasteiger partial charge on any atom is 0.270 e. The Morgan fingerprint density at radius 3 is 2.37 bits per heavy atom. The summed E-state index contributed by atoms with van der Waals surface area (Å²) in [6.07, 6.45) is 4.63. The summed E-state index contributed by atoms with van der Waals surface area (Å²) in [5, 5.41) is 6.22. The number of hydrogen-bond donors (Lipinski definition) is 2. The Hall–Kier alpha value is -2.67. The molecule has 1 saturated heterocycles. The van der Waals surface area contributed by atoms with Gasteiger partial charge in [0.15, 0.2) is 0 Å². The zero-order chi connectivity index (χ0) is 21.3. The molecular weight excluding hydrogens is 376 g/mol. The molecule has 1 aromatic carbocycles. The summed E-state index contributed by atoms with van der Waals surface area (Å²) in [7, 11) is 0. The number of aromatic nitrogens is 2. The monoisotopic (exact) mass is 410 g/mol. The highest BCUT2D eigenvalue weighted by Crippen LogP contribution is 2.21. The fourth-order valence-corrected chi connectivity index (χ4v) is 3.73. The second-order valence-electron chi connectivity index (χ2n) is 7.75. The van der Waals surface area contributed by atoms with Gasteiger partial charge in [-0.3, -0.25) is 9.69 Å². The van der Waals surface area contributed by atoms with Crippen molar-refractivity contribution < 1.29 is 4.79 Å². The standard InChI is InChI=1S/C23H34N6O/c1-4-13-28-14-16-29(17-15-28)20-9-7-19(8-10-20)26-23-24-12-11-21(27-23)22(30)25-18(5-2)6-3/h7-12,18H,4-6,13-17H2,1-3H3,(H,25,30)(H,24,26,27). The van der Waals surface area contributed by atoms with Crippen LogP contribution in [0.15, 0.2) is 36.5 Å². The SMILES string of the molecule is CCCN1CCN(c2ccc(Nc3nccc(C(=O)NC(CC)CC)n3)cc2)CC1. The van der Waals surface area contributed by atoms with Crippen LogP contribution in [-0.2, 0) is 0 Å². The first-order valence-electron chi connectivity index (χ1n) is 11.1. The topological polar surface area (TPSA) is 73.4 Å². The molecule has 0 saturated carbocycles. The largest absolute Gasteiger partial charge is 0.369 e. The highest BCUT2D eigenvalue weighted by Gasteiger charge is 2.16. The van der Waals surface area contributed by atoms with Gasteiger partial charge in [0.25, 0.3) is 5.91 Å². The average Bonchev–Trinajstić information content (AvgIpc) is 2.79. The average molecular weight is 411 g/mol. The van der Waals surface area contributed by atoms with E-state index in [2.05, 4.69) is 63.3 Å². The van der Waals surface area contributed by atoms with Crippen LogP contribution in [0.5, 0.6) is 0 Å². The molecule has 1 aliphatic heterocycles. The third-order valence-corrected chi connectivity index (χ3v) is 5.61. The molecule has 2 heterocycles. The molecule has 162 valence electrons. The highest BCUT2D eigenvalue weighted by atomic mass is 16.1. The molecular formula is C23H34N6O. The summed E-state index contributed by atoms with van der Waals surface area (Å²) in [5.41, 5.74) is 2.51. The third-order valence-electron chi connectivity index (χ3n) is 5.61. The van der Waals surface area contributed by atoms with Gasteiger partial charge in [0.1, 0.15) is 5.69 Å². The van der Waals surface area contributed by atoms with Gasteiger partial charge in [0.05, 0.1) is 0 Å². The fourth-order valence-electron chi connectivity index (χ4n) is 3.73. The summed E-state index contributed by atoms with van der Waals surface area (Å²) < 4.78 is 0. The Morgan fingerprint density at radius 2 is 1.73 bits per heavy atom. The number of nitrogens with zero attached hydrogens (tertiary/aromatic N) is 4. The number of anilines is 3. The molecule has 7 heteroatoms. The van der Waals surface area contributed by atoms with Crippen molar-refractivity contribution in [2.24, 2.45) is 0 Å². The summed E-state index contributed by atoms with van der Waals surface area (Å²) in [5.74, 6) is 0.264. The molecule has 0 bridgehead atoms. The number of piperazine rings is 1. The van der Waals surface area contributed by atoms with E-state index in [1.54, 1.807) is 12.3 Å². The molecule has 2 aromatic rings. The van der Waals surface area contributed by atoms with E-state index in [1.807, 2.05) is 12.1 Å². The van der Waals surface area contributed by atoms with Gasteiger partial charge in [-0.05, 0) is 56.1 Å². The molecule has 0 atom stereocenters. The lowest BCUT2D eigenvalue weighted by Gasteiger charge is -2.36. The Kier molecular flexibility index (Phi) is 8.02. The van der Waals surface area contributed by atoms with Crippen molar-refractivity contribution in [2.45, 2.75) is 46.1 Å². The minimum Gasteiger partial charge on any atom is -0.369 e. The summed E-state index contributed by atoms with van der Waals surface area (Å²) in [4.78, 5) is 26.0. The predicted molar refractivity (Wildman–Crippen MR) is 123 cm³/mol. The van der Waals surface area contributed by atoms with Gasteiger partial charge in [-0.2, -0.15) is 0 Å². The molecule has 1 aromatic heterocycles. The Morgan fingerprint density at radius 1 is 1.03 bits per heavy atom. The van der Waals surface area contributed by atoms with E-state index in [-0.39, 0.29) is 11.9 Å². The molecule has 0 spiro atoms. The van der Waals surface area contributed by atoms with Gasteiger partial charge in [-0.25, -0.2) is 9.97 Å². The van der Waals surface area contributed by atoms with Crippen LogP contribution in [0.2, 0.25) is 0 Å². The number of hydrogen-bond acceptors (Lipinski definition) is 6. The first-order valence-corrected chi connectivity index (χ1v) is 11.1. The third kappa shape index (κ3) is 5.92. The lowest BCUT2D eigenvalue weighted by atomic mass is 10.1. The van der Waals surface area contributed by atoms with Crippen molar-refractivity contribution in [3.8, 4) is 0 Å². The summed E-state index contributed by atoms with van der Waals surface area (Å²) >= 11 is 0. The van der Waals surface area contributed by atoms with Crippen LogP contribution >= 0.6 is 0 Å². The number of carbonyl (C=O) groups is 1. The normalized spacial score (nSPS) is 14.7. The zero-order valence-corrected chi connectivity index (χ0v) is 18.4. The van der Waals surface area contributed by atoms with Gasteiger partial charge in [0.2, 0.25) is 5.95 Å². The molecule has 1 amide bonds. The number of amides is 1. The van der Waals surface area contributed by atoms with Crippen molar-refractivity contribution in [2.75, 3.05) is 42.9 Å². The summed E-state index contributed by atoms with van der Waals surface area (Å²) in [6, 6.07) is 10.1. The van der Waals surface area contributed by atoms with Crippen LogP contribution < -0.4 is 15.5 Å². The molecule has 0 radical (unpaired) electrons. The Balaban J connectivity index is 1.59. The van der Waals surface area contributed by atoms with E-state index >= 15 is 0 Å². The smallest absolute Gasteiger partial charge is 0.270 e. The molecule has 1 aliphatic rings. The van der Waals surface area contributed by atoms with Gasteiger partial charge in [0, 0.05) is 49.8 Å². The van der Waals surface area contributed by atoms with Gasteiger partial charge < -0.3 is 15.5 Å². The molecule has 0 unspecified atom stereocenters. The van der Waals surface area contributed by atoms with E-state index in [4.69, 9.17) is 0 Å². The second-order valence-corrected chi connectivity index (χ2v) is 7.75. The maximum absolute atomic E-state index is 12.4. The lowest BCUT2D eigenvalue weighted by molar-refractivity contribution is 0.0929. The first kappa shape index (κ1) is 22.0. The minimum absolute atomic E-state index is 0.160. The molecule has 1 fully saturated rings. The van der Waals surface area contributed by atoms with Crippen molar-refractivity contribution in [3.05, 3.63) is 42.2 Å². The van der Waals surface area contributed by atoms with E-state index in [1.165, 1.54) is 18.7 Å². The molecule has 2 N–H and O–H groups in total. The molecule has 30 heavy (non-hydrogen) atoms. The molecule has 7 nitrogen and oxygen atoms in total. The fraction of sp³-hybridized carbons (Fsp3) is 0.522. The zero-order valence-electron chi connectivity index (χ0n) is 18.4. The van der Waals surface area contributed by atoms with E-state index in [0.29, 0.717) is 11.6 Å². The number of rotatable bonds is 9. The lowest BCUT2D eigenvalue weighted by Crippen LogP contribution is -2.46. The van der Waals surface area contributed by atoms with E-state index < -0.39 is 0 Å². The van der Waals surface area contributed by atoms with Crippen LogP contribution in [0.4, 0.5) is 17.3 Å². The number of nitrogens with one attached hydrogen (secondary N) is 2. The van der Waals surface area contributed by atoms with Gasteiger partial charge in [-0.1, -0.05) is 20.8 Å². The van der Waals surface area contributed by atoms with Crippen LogP contribution in [-0.4, -0.2) is 59.5 Å². The van der Waals surface area contributed by atoms with Crippen molar-refractivity contribution in [1.29, 1.82) is 0 Å². The van der Waals surface area contributed by atoms with Crippen molar-refractivity contribution >= 4 is 23.2 Å². The van der Waals surface area contributed by atoms with Crippen LogP contribution in [0, 0.1) is 0 Å². The minimum atomic E-state index is -0.160. The molecule has 0 aliphatic carbocycles. The predicted octanol–water partition coefficient (Wildman–Crippen LogP) is 3.67. The maximum atomic E-state index is 12.4. The van der Waals surface area contributed by atoms with Crippen LogP contribution in [0.1, 0.15) is 50.5 Å². The van der Waals surface area contributed by atoms with Crippen molar-refractivity contribution in [3.63, 3.8) is 0 Å². The van der Waals surface area contributed by atoms with Gasteiger partial charge >= 0.3 is 0 Å². The van der Waals surface area contributed by atoms with Crippen LogP contribution in [0.25, 0.3) is 0 Å². The number of carbonyl (C=O) groups excluding carboxylic acids is 1. The second kappa shape index (κ2) is 10.9. The Bertz CT molecular complexity index is 798. The Labute approximate surface area is 179 Å². The van der Waals surface area contributed by atoms with E-state index in [9.17, 15) is 4.79 Å². The number of benzene rings is 1. The summed E-state index contributed by atoms with van der Waals surface area (Å²) in [6.45, 7) is 11.9. The first-order chi connectivity index (χ1) is 14.6. The van der Waals surface area contributed by atoms with E-state index in [0.717, 1.165) is 44.7 Å². The quantitative estimate of drug-likeness (QED) is 0.657. The van der Waals surface area contributed by atoms with Crippen LogP contribution in [0.3, 0.4) is 0 Å². The van der Waals surface area contributed by atoms with Gasteiger partial charge in [-0.15, -0.1) is 0 Å².